The topological polar surface area (TPSA) is 41.1 Å². The van der Waals surface area contributed by atoms with Crippen LogP contribution in [0.4, 0.5) is 0 Å². The first-order chi connectivity index (χ1) is 9.20. The van der Waals surface area contributed by atoms with Gasteiger partial charge < -0.3 is 9.72 Å². The van der Waals surface area contributed by atoms with Crippen LogP contribution in [0.2, 0.25) is 5.02 Å². The number of nitrogens with zero attached hydrogens (tertiary/aromatic N) is 2. The molecule has 1 heterocycles. The van der Waals surface area contributed by atoms with Crippen molar-refractivity contribution < 1.29 is 4.74 Å². The van der Waals surface area contributed by atoms with Gasteiger partial charge >= 0.3 is 0 Å². The number of aromatic nitrogens is 2. The molecule has 0 aliphatic heterocycles. The van der Waals surface area contributed by atoms with Gasteiger partial charge in [0.1, 0.15) is 0 Å². The molecular weight excluding hydrogens is 262 g/mol. The molecule has 0 saturated heterocycles. The zero-order valence-corrected chi connectivity index (χ0v) is 11.9. The number of halogens is 1. The Bertz CT molecular complexity index is 484. The molecule has 0 amide bonds. The van der Waals surface area contributed by atoms with Crippen LogP contribution in [0, 0.1) is 0 Å². The lowest BCUT2D eigenvalue weighted by Gasteiger charge is -2.27. The largest absolute Gasteiger partial charge is 0.383 e. The molecule has 1 unspecified atom stereocenters. The van der Waals surface area contributed by atoms with E-state index < -0.39 is 0 Å². The van der Waals surface area contributed by atoms with E-state index in [0.29, 0.717) is 6.61 Å². The summed E-state index contributed by atoms with van der Waals surface area (Å²) in [6, 6.07) is 8.07. The second kappa shape index (κ2) is 6.70. The van der Waals surface area contributed by atoms with Crippen molar-refractivity contribution in [2.24, 2.45) is 0 Å². The monoisotopic (exact) mass is 279 g/mol. The molecule has 19 heavy (non-hydrogen) atoms. The third-order valence-electron chi connectivity index (χ3n) is 3.09. The molecule has 0 aliphatic rings. The predicted molar refractivity (Wildman–Crippen MR) is 76.1 cm³/mol. The van der Waals surface area contributed by atoms with E-state index >= 15 is 0 Å². The highest BCUT2D eigenvalue weighted by Gasteiger charge is 2.17. The van der Waals surface area contributed by atoms with Gasteiger partial charge in [-0.25, -0.2) is 4.98 Å². The Morgan fingerprint density at radius 2 is 2.11 bits per heavy atom. The number of hydrogen-bond acceptors (Lipinski definition) is 3. The number of nitrogens with one attached hydrogen (secondary N) is 1. The second-order valence-electron chi connectivity index (χ2n) is 4.51. The number of H-pyrrole nitrogens is 1. The second-order valence-corrected chi connectivity index (χ2v) is 4.95. The molecule has 1 aromatic heterocycles. The molecule has 1 aromatic carbocycles. The maximum atomic E-state index is 5.93. The van der Waals surface area contributed by atoms with Gasteiger partial charge in [-0.3, -0.25) is 4.90 Å². The van der Waals surface area contributed by atoms with Gasteiger partial charge in [0.25, 0.3) is 0 Å². The summed E-state index contributed by atoms with van der Waals surface area (Å²) in [5.74, 6) is 0. The summed E-state index contributed by atoms with van der Waals surface area (Å²) in [6.45, 7) is 1.42. The average molecular weight is 280 g/mol. The average Bonchev–Trinajstić information content (AvgIpc) is 2.90. The molecule has 2 rings (SSSR count). The van der Waals surface area contributed by atoms with E-state index in [9.17, 15) is 0 Å². The minimum atomic E-state index is 0.186. The SMILES string of the molecule is COCC(c1ccc(Cl)cc1)N(C)Cc1cnc[nH]1. The Labute approximate surface area is 118 Å². The highest BCUT2D eigenvalue weighted by atomic mass is 35.5. The van der Waals surface area contributed by atoms with Gasteiger partial charge in [-0.15, -0.1) is 0 Å². The maximum absolute atomic E-state index is 5.93. The number of methoxy groups -OCH3 is 1. The Balaban J connectivity index is 2.12. The van der Waals surface area contributed by atoms with E-state index in [1.54, 1.807) is 13.4 Å². The van der Waals surface area contributed by atoms with Crippen molar-refractivity contribution in [2.75, 3.05) is 20.8 Å². The quantitative estimate of drug-likeness (QED) is 0.884. The molecule has 1 N–H and O–H groups in total. The van der Waals surface area contributed by atoms with Crippen molar-refractivity contribution in [1.82, 2.24) is 14.9 Å². The van der Waals surface area contributed by atoms with Gasteiger partial charge in [-0.2, -0.15) is 0 Å². The number of rotatable bonds is 6. The highest BCUT2D eigenvalue weighted by Crippen LogP contribution is 2.22. The Hall–Kier alpha value is -1.36. The molecule has 4 nitrogen and oxygen atoms in total. The van der Waals surface area contributed by atoms with Gasteiger partial charge in [-0.05, 0) is 24.7 Å². The molecule has 2 aromatic rings. The van der Waals surface area contributed by atoms with Crippen LogP contribution in [0.1, 0.15) is 17.3 Å². The molecule has 0 fully saturated rings. The summed E-state index contributed by atoms with van der Waals surface area (Å²) in [5.41, 5.74) is 2.27. The van der Waals surface area contributed by atoms with Crippen molar-refractivity contribution in [3.05, 3.63) is 53.1 Å². The number of benzene rings is 1. The minimum Gasteiger partial charge on any atom is -0.383 e. The van der Waals surface area contributed by atoms with Crippen molar-refractivity contribution in [3.8, 4) is 0 Å². The molecule has 5 heteroatoms. The fourth-order valence-electron chi connectivity index (χ4n) is 2.07. The summed E-state index contributed by atoms with van der Waals surface area (Å²) in [5, 5.41) is 0.746. The summed E-state index contributed by atoms with van der Waals surface area (Å²) in [6.07, 6.45) is 3.53. The molecule has 0 radical (unpaired) electrons. The van der Waals surface area contributed by atoms with E-state index in [0.717, 1.165) is 17.3 Å². The standard InChI is InChI=1S/C14H18ClN3O/c1-18(8-13-7-16-10-17-13)14(9-19-2)11-3-5-12(15)6-4-11/h3-7,10,14H,8-9H2,1-2H3,(H,16,17). The third-order valence-corrected chi connectivity index (χ3v) is 3.34. The zero-order valence-electron chi connectivity index (χ0n) is 11.1. The maximum Gasteiger partial charge on any atom is 0.0922 e. The summed E-state index contributed by atoms with van der Waals surface area (Å²) < 4.78 is 5.33. The van der Waals surface area contributed by atoms with Gasteiger partial charge in [-0.1, -0.05) is 23.7 Å². The summed E-state index contributed by atoms with van der Waals surface area (Å²) in [7, 11) is 3.78. The Morgan fingerprint density at radius 3 is 2.68 bits per heavy atom. The molecule has 0 aliphatic carbocycles. The lowest BCUT2D eigenvalue weighted by Crippen LogP contribution is -2.27. The fraction of sp³-hybridized carbons (Fsp3) is 0.357. The summed E-state index contributed by atoms with van der Waals surface area (Å²) in [4.78, 5) is 9.37. The van der Waals surface area contributed by atoms with Crippen LogP contribution in [0.3, 0.4) is 0 Å². The normalized spacial score (nSPS) is 12.8. The summed E-state index contributed by atoms with van der Waals surface area (Å²) >= 11 is 5.93. The first kappa shape index (κ1) is 14.1. The zero-order chi connectivity index (χ0) is 13.7. The van der Waals surface area contributed by atoms with E-state index in [4.69, 9.17) is 16.3 Å². The van der Waals surface area contributed by atoms with Crippen molar-refractivity contribution >= 4 is 11.6 Å². The minimum absolute atomic E-state index is 0.186. The number of aromatic amines is 1. The highest BCUT2D eigenvalue weighted by molar-refractivity contribution is 6.30. The Kier molecular flexibility index (Phi) is 4.96. The molecule has 0 bridgehead atoms. The molecule has 0 spiro atoms. The van der Waals surface area contributed by atoms with Crippen LogP contribution in [-0.4, -0.2) is 35.6 Å². The van der Waals surface area contributed by atoms with Crippen LogP contribution in [0.25, 0.3) is 0 Å². The molecular formula is C14H18ClN3O. The molecule has 1 atom stereocenters. The van der Waals surface area contributed by atoms with Gasteiger partial charge in [0.05, 0.1) is 19.0 Å². The number of likely N-dealkylation sites (N-methyl/N-ethyl adjacent to an activating group) is 1. The number of imidazole rings is 1. The molecule has 102 valence electrons. The molecule has 0 saturated carbocycles. The lowest BCUT2D eigenvalue weighted by atomic mass is 10.1. The van der Waals surface area contributed by atoms with Crippen LogP contribution in [0.5, 0.6) is 0 Å². The number of hydrogen-bond donors (Lipinski definition) is 1. The van der Waals surface area contributed by atoms with Gasteiger partial charge in [0, 0.05) is 30.6 Å². The van der Waals surface area contributed by atoms with Crippen LogP contribution < -0.4 is 0 Å². The first-order valence-corrected chi connectivity index (χ1v) is 6.50. The van der Waals surface area contributed by atoms with E-state index in [1.807, 2.05) is 30.5 Å². The smallest absolute Gasteiger partial charge is 0.0922 e. The van der Waals surface area contributed by atoms with Crippen molar-refractivity contribution in [1.29, 1.82) is 0 Å². The lowest BCUT2D eigenvalue weighted by molar-refractivity contribution is 0.102. The fourth-order valence-corrected chi connectivity index (χ4v) is 2.20. The van der Waals surface area contributed by atoms with Crippen LogP contribution in [-0.2, 0) is 11.3 Å². The predicted octanol–water partition coefficient (Wildman–Crippen LogP) is 2.88. The first-order valence-electron chi connectivity index (χ1n) is 6.12. The third kappa shape index (κ3) is 3.80. The van der Waals surface area contributed by atoms with Crippen LogP contribution >= 0.6 is 11.6 Å². The van der Waals surface area contributed by atoms with E-state index in [1.165, 1.54) is 5.56 Å². The number of ether oxygens (including phenoxy) is 1. The van der Waals surface area contributed by atoms with Crippen molar-refractivity contribution in [2.45, 2.75) is 12.6 Å². The van der Waals surface area contributed by atoms with Crippen LogP contribution in [0.15, 0.2) is 36.8 Å². The van der Waals surface area contributed by atoms with E-state index in [2.05, 4.69) is 21.9 Å². The van der Waals surface area contributed by atoms with Crippen molar-refractivity contribution in [3.63, 3.8) is 0 Å². The Morgan fingerprint density at radius 1 is 1.37 bits per heavy atom. The van der Waals surface area contributed by atoms with Gasteiger partial charge in [0.2, 0.25) is 0 Å². The van der Waals surface area contributed by atoms with Gasteiger partial charge in [0.15, 0.2) is 0 Å². The van der Waals surface area contributed by atoms with E-state index in [-0.39, 0.29) is 6.04 Å².